The first kappa shape index (κ1) is 12.9. The molecule has 0 saturated heterocycles. The van der Waals surface area contributed by atoms with Crippen LogP contribution < -0.4 is 0 Å². The zero-order valence-corrected chi connectivity index (χ0v) is 8.99. The maximum absolute atomic E-state index is 11.1. The standard InChI is InChI=1S/C9H18N2O3/c1-8(12)11(10(2)3)7-5-4-6-9(13)14/h4-7H2,1-3H3,(H,13,14). The topological polar surface area (TPSA) is 60.9 Å². The van der Waals surface area contributed by atoms with E-state index in [0.29, 0.717) is 19.4 Å². The minimum absolute atomic E-state index is 0.0228. The summed E-state index contributed by atoms with van der Waals surface area (Å²) in [6.07, 6.45) is 1.48. The summed E-state index contributed by atoms with van der Waals surface area (Å²) >= 11 is 0. The number of unbranched alkanes of at least 4 members (excludes halogenated alkanes) is 1. The van der Waals surface area contributed by atoms with E-state index < -0.39 is 5.97 Å². The lowest BCUT2D eigenvalue weighted by Crippen LogP contribution is -2.41. The van der Waals surface area contributed by atoms with Gasteiger partial charge in [-0.3, -0.25) is 14.6 Å². The Morgan fingerprint density at radius 3 is 2.14 bits per heavy atom. The lowest BCUT2D eigenvalue weighted by atomic mass is 10.2. The van der Waals surface area contributed by atoms with Crippen molar-refractivity contribution in [2.24, 2.45) is 0 Å². The molecule has 0 spiro atoms. The van der Waals surface area contributed by atoms with Crippen molar-refractivity contribution in [1.29, 1.82) is 0 Å². The van der Waals surface area contributed by atoms with E-state index in [1.165, 1.54) is 6.92 Å². The largest absolute Gasteiger partial charge is 0.481 e. The van der Waals surface area contributed by atoms with Gasteiger partial charge in [0.1, 0.15) is 0 Å². The van der Waals surface area contributed by atoms with E-state index in [1.807, 2.05) is 0 Å². The molecule has 0 rings (SSSR count). The number of amides is 1. The second kappa shape index (κ2) is 6.37. The second-order valence-electron chi connectivity index (χ2n) is 3.34. The molecule has 82 valence electrons. The van der Waals surface area contributed by atoms with Gasteiger partial charge in [0.05, 0.1) is 0 Å². The third kappa shape index (κ3) is 5.53. The molecule has 0 aliphatic carbocycles. The lowest BCUT2D eigenvalue weighted by Gasteiger charge is -2.27. The van der Waals surface area contributed by atoms with Gasteiger partial charge in [0.2, 0.25) is 5.91 Å². The predicted octanol–water partition coefficient (Wildman–Crippen LogP) is 0.566. The van der Waals surface area contributed by atoms with Crippen LogP contribution in [0.25, 0.3) is 0 Å². The number of hydrazine groups is 1. The number of carboxylic acid groups (broad SMARTS) is 1. The number of rotatable bonds is 6. The first-order valence-electron chi connectivity index (χ1n) is 4.62. The molecule has 0 radical (unpaired) electrons. The van der Waals surface area contributed by atoms with Crippen molar-refractivity contribution in [2.75, 3.05) is 20.6 Å². The van der Waals surface area contributed by atoms with Crippen LogP contribution in [0.4, 0.5) is 0 Å². The molecule has 0 aliphatic rings. The minimum Gasteiger partial charge on any atom is -0.481 e. The molecule has 5 heteroatoms. The normalized spacial score (nSPS) is 10.3. The number of hydrogen-bond acceptors (Lipinski definition) is 3. The van der Waals surface area contributed by atoms with Gasteiger partial charge in [-0.1, -0.05) is 0 Å². The molecule has 0 saturated carbocycles. The molecular formula is C9H18N2O3. The molecule has 1 amide bonds. The molecular weight excluding hydrogens is 184 g/mol. The molecule has 0 fully saturated rings. The fourth-order valence-electron chi connectivity index (χ4n) is 1.18. The van der Waals surface area contributed by atoms with Crippen LogP contribution in [-0.2, 0) is 9.59 Å². The van der Waals surface area contributed by atoms with Crippen molar-refractivity contribution in [3.8, 4) is 0 Å². The highest BCUT2D eigenvalue weighted by molar-refractivity contribution is 5.72. The molecule has 0 aromatic heterocycles. The summed E-state index contributed by atoms with van der Waals surface area (Å²) in [5.74, 6) is -0.811. The summed E-state index contributed by atoms with van der Waals surface area (Å²) < 4.78 is 0. The van der Waals surface area contributed by atoms with Crippen molar-refractivity contribution in [2.45, 2.75) is 26.2 Å². The van der Waals surface area contributed by atoms with Crippen LogP contribution in [0, 0.1) is 0 Å². The third-order valence-corrected chi connectivity index (χ3v) is 1.86. The number of carboxylic acids is 1. The van der Waals surface area contributed by atoms with Gasteiger partial charge in [-0.15, -0.1) is 0 Å². The summed E-state index contributed by atoms with van der Waals surface area (Å²) in [6, 6.07) is 0. The summed E-state index contributed by atoms with van der Waals surface area (Å²) in [4.78, 5) is 21.3. The zero-order chi connectivity index (χ0) is 11.1. The molecule has 5 nitrogen and oxygen atoms in total. The highest BCUT2D eigenvalue weighted by Crippen LogP contribution is 2.00. The molecule has 0 unspecified atom stereocenters. The van der Waals surface area contributed by atoms with Crippen molar-refractivity contribution < 1.29 is 14.7 Å². The van der Waals surface area contributed by atoms with Gasteiger partial charge in [0.15, 0.2) is 0 Å². The molecule has 0 aromatic carbocycles. The maximum Gasteiger partial charge on any atom is 0.303 e. The van der Waals surface area contributed by atoms with Crippen LogP contribution in [0.1, 0.15) is 26.2 Å². The predicted molar refractivity (Wildman–Crippen MR) is 52.6 cm³/mol. The average Bonchev–Trinajstić information content (AvgIpc) is 2.01. The molecule has 0 atom stereocenters. The van der Waals surface area contributed by atoms with Crippen molar-refractivity contribution in [3.05, 3.63) is 0 Å². The molecule has 1 N–H and O–H groups in total. The first-order valence-corrected chi connectivity index (χ1v) is 4.62. The fourth-order valence-corrected chi connectivity index (χ4v) is 1.18. The molecule has 14 heavy (non-hydrogen) atoms. The van der Waals surface area contributed by atoms with Crippen LogP contribution in [0.5, 0.6) is 0 Å². The molecule has 0 heterocycles. The van der Waals surface area contributed by atoms with Gasteiger partial charge in [-0.25, -0.2) is 5.01 Å². The quantitative estimate of drug-likeness (QED) is 0.505. The van der Waals surface area contributed by atoms with Crippen LogP contribution in [-0.4, -0.2) is 47.6 Å². The third-order valence-electron chi connectivity index (χ3n) is 1.86. The maximum atomic E-state index is 11.1. The van der Waals surface area contributed by atoms with Crippen LogP contribution in [0.15, 0.2) is 0 Å². The highest BCUT2D eigenvalue weighted by Gasteiger charge is 2.10. The Balaban J connectivity index is 3.73. The number of hydrogen-bond donors (Lipinski definition) is 1. The van der Waals surface area contributed by atoms with Crippen LogP contribution >= 0.6 is 0 Å². The number of nitrogens with zero attached hydrogens (tertiary/aromatic N) is 2. The fraction of sp³-hybridized carbons (Fsp3) is 0.778. The van der Waals surface area contributed by atoms with Gasteiger partial charge in [0, 0.05) is 34.0 Å². The molecule has 0 bridgehead atoms. The van der Waals surface area contributed by atoms with E-state index in [0.717, 1.165) is 0 Å². The average molecular weight is 202 g/mol. The van der Waals surface area contributed by atoms with Gasteiger partial charge >= 0.3 is 5.97 Å². The summed E-state index contributed by atoms with van der Waals surface area (Å²) in [6.45, 7) is 2.08. The Morgan fingerprint density at radius 1 is 1.21 bits per heavy atom. The van der Waals surface area contributed by atoms with Crippen molar-refractivity contribution >= 4 is 11.9 Å². The monoisotopic (exact) mass is 202 g/mol. The number of aliphatic carboxylic acids is 1. The second-order valence-corrected chi connectivity index (χ2v) is 3.34. The van der Waals surface area contributed by atoms with E-state index in [2.05, 4.69) is 0 Å². The van der Waals surface area contributed by atoms with Crippen LogP contribution in [0.3, 0.4) is 0 Å². The number of carbonyl (C=O) groups is 2. The summed E-state index contributed by atoms with van der Waals surface area (Å²) in [7, 11) is 3.58. The van der Waals surface area contributed by atoms with Crippen LogP contribution in [0.2, 0.25) is 0 Å². The summed E-state index contributed by atoms with van der Waals surface area (Å²) in [5.41, 5.74) is 0. The van der Waals surface area contributed by atoms with E-state index in [4.69, 9.17) is 5.11 Å². The molecule has 0 aromatic rings. The lowest BCUT2D eigenvalue weighted by molar-refractivity contribution is -0.142. The highest BCUT2D eigenvalue weighted by atomic mass is 16.4. The Kier molecular flexibility index (Phi) is 5.87. The van der Waals surface area contributed by atoms with E-state index in [1.54, 1.807) is 24.1 Å². The SMILES string of the molecule is CC(=O)N(CCCCC(=O)O)N(C)C. The summed E-state index contributed by atoms with van der Waals surface area (Å²) in [5, 5.41) is 11.7. The Hall–Kier alpha value is -1.10. The van der Waals surface area contributed by atoms with Gasteiger partial charge < -0.3 is 5.11 Å². The van der Waals surface area contributed by atoms with Crippen molar-refractivity contribution in [3.63, 3.8) is 0 Å². The number of carbonyl (C=O) groups excluding carboxylic acids is 1. The van der Waals surface area contributed by atoms with E-state index in [-0.39, 0.29) is 12.3 Å². The smallest absolute Gasteiger partial charge is 0.303 e. The molecule has 0 aliphatic heterocycles. The Bertz CT molecular complexity index is 204. The minimum atomic E-state index is -0.788. The van der Waals surface area contributed by atoms with E-state index >= 15 is 0 Å². The first-order chi connectivity index (χ1) is 6.45. The zero-order valence-electron chi connectivity index (χ0n) is 8.99. The van der Waals surface area contributed by atoms with Gasteiger partial charge in [-0.05, 0) is 12.8 Å². The Morgan fingerprint density at radius 2 is 1.79 bits per heavy atom. The van der Waals surface area contributed by atoms with Crippen molar-refractivity contribution in [1.82, 2.24) is 10.0 Å². The van der Waals surface area contributed by atoms with Gasteiger partial charge in [0.25, 0.3) is 0 Å². The van der Waals surface area contributed by atoms with Gasteiger partial charge in [-0.2, -0.15) is 0 Å². The Labute approximate surface area is 84.3 Å². The van der Waals surface area contributed by atoms with E-state index in [9.17, 15) is 9.59 Å².